The first-order valence-corrected chi connectivity index (χ1v) is 13.8. The van der Waals surface area contributed by atoms with E-state index in [0.29, 0.717) is 54.4 Å². The molecule has 222 valence electrons. The number of benzene rings is 2. The van der Waals surface area contributed by atoms with Crippen molar-refractivity contribution in [1.29, 1.82) is 0 Å². The van der Waals surface area contributed by atoms with E-state index < -0.39 is 0 Å². The van der Waals surface area contributed by atoms with Crippen molar-refractivity contribution in [2.24, 2.45) is 0 Å². The summed E-state index contributed by atoms with van der Waals surface area (Å²) in [6.07, 6.45) is 1.41. The SMILES string of the molecule is CCOc1cccc(Cn2nc(C)c3c(NC(=O)N(C)c4cc(NCc5ccc(OC)cc5OC)ncn4)cccc32)n1. The minimum absolute atomic E-state index is 0.354. The van der Waals surface area contributed by atoms with Gasteiger partial charge in [0.1, 0.15) is 29.5 Å². The van der Waals surface area contributed by atoms with Crippen molar-refractivity contribution in [2.75, 3.05) is 43.4 Å². The summed E-state index contributed by atoms with van der Waals surface area (Å²) in [6, 6.07) is 18.4. The quantitative estimate of drug-likeness (QED) is 0.214. The van der Waals surface area contributed by atoms with E-state index in [0.717, 1.165) is 27.9 Å². The molecule has 0 saturated heterocycles. The first-order valence-electron chi connectivity index (χ1n) is 13.8. The number of fused-ring (bicyclic) bond motifs is 1. The minimum Gasteiger partial charge on any atom is -0.497 e. The molecule has 12 nitrogen and oxygen atoms in total. The van der Waals surface area contributed by atoms with Crippen molar-refractivity contribution >= 4 is 34.3 Å². The standard InChI is InChI=1S/C31H34N8O4/c1-6-43-29-12-7-9-22(35-29)18-39-25-11-8-10-24(30(25)20(2)37-39)36-31(40)38(3)28-16-27(33-19-34-28)32-17-21-13-14-23(41-4)15-26(21)42-5/h7-16,19H,6,17-18H2,1-5H3,(H,36,40)(H,32,33,34). The lowest BCUT2D eigenvalue weighted by molar-refractivity contribution is 0.258. The van der Waals surface area contributed by atoms with Gasteiger partial charge in [-0.15, -0.1) is 0 Å². The number of rotatable bonds is 11. The monoisotopic (exact) mass is 582 g/mol. The molecule has 0 atom stereocenters. The largest absolute Gasteiger partial charge is 0.497 e. The molecule has 0 aliphatic heterocycles. The molecule has 5 aromatic rings. The van der Waals surface area contributed by atoms with Crippen LogP contribution >= 0.6 is 0 Å². The zero-order chi connectivity index (χ0) is 30.3. The second kappa shape index (κ2) is 13.1. The van der Waals surface area contributed by atoms with Gasteiger partial charge in [0.05, 0.1) is 50.0 Å². The number of anilines is 3. The molecule has 43 heavy (non-hydrogen) atoms. The van der Waals surface area contributed by atoms with Gasteiger partial charge < -0.3 is 24.8 Å². The fourth-order valence-corrected chi connectivity index (χ4v) is 4.69. The summed E-state index contributed by atoms with van der Waals surface area (Å²) in [5.74, 6) is 2.97. The first-order chi connectivity index (χ1) is 20.9. The van der Waals surface area contributed by atoms with Gasteiger partial charge >= 0.3 is 6.03 Å². The molecule has 3 heterocycles. The van der Waals surface area contributed by atoms with E-state index in [9.17, 15) is 4.79 Å². The Morgan fingerprint density at radius 3 is 2.65 bits per heavy atom. The fourth-order valence-electron chi connectivity index (χ4n) is 4.69. The van der Waals surface area contributed by atoms with Crippen molar-refractivity contribution in [3.8, 4) is 17.4 Å². The Morgan fingerprint density at radius 2 is 1.86 bits per heavy atom. The fraction of sp³-hybridized carbons (Fsp3) is 0.258. The van der Waals surface area contributed by atoms with E-state index in [2.05, 4.69) is 25.6 Å². The third kappa shape index (κ3) is 6.58. The molecule has 0 fully saturated rings. The van der Waals surface area contributed by atoms with Gasteiger partial charge in [-0.3, -0.25) is 9.58 Å². The normalized spacial score (nSPS) is 10.8. The van der Waals surface area contributed by atoms with Gasteiger partial charge in [0.2, 0.25) is 5.88 Å². The van der Waals surface area contributed by atoms with Crippen molar-refractivity contribution in [1.82, 2.24) is 24.7 Å². The van der Waals surface area contributed by atoms with E-state index in [-0.39, 0.29) is 6.03 Å². The van der Waals surface area contributed by atoms with E-state index in [1.165, 1.54) is 11.2 Å². The Labute approximate surface area is 249 Å². The number of hydrogen-bond acceptors (Lipinski definition) is 9. The predicted molar refractivity (Wildman–Crippen MR) is 165 cm³/mol. The number of urea groups is 1. The number of nitrogens with zero attached hydrogens (tertiary/aromatic N) is 6. The average molecular weight is 583 g/mol. The summed E-state index contributed by atoms with van der Waals surface area (Å²) < 4.78 is 18.2. The molecule has 0 saturated carbocycles. The maximum absolute atomic E-state index is 13.4. The van der Waals surface area contributed by atoms with Crippen LogP contribution in [-0.2, 0) is 13.1 Å². The van der Waals surface area contributed by atoms with E-state index >= 15 is 0 Å². The topological polar surface area (TPSA) is 129 Å². The lowest BCUT2D eigenvalue weighted by Gasteiger charge is -2.18. The second-order valence-electron chi connectivity index (χ2n) is 9.62. The maximum Gasteiger partial charge on any atom is 0.327 e. The van der Waals surface area contributed by atoms with Crippen LogP contribution in [0.25, 0.3) is 10.9 Å². The maximum atomic E-state index is 13.4. The summed E-state index contributed by atoms with van der Waals surface area (Å²) in [5.41, 5.74) is 4.06. The molecular weight excluding hydrogens is 548 g/mol. The number of amides is 2. The van der Waals surface area contributed by atoms with Crippen LogP contribution < -0.4 is 29.7 Å². The molecule has 0 spiro atoms. The van der Waals surface area contributed by atoms with Gasteiger partial charge in [0, 0.05) is 42.7 Å². The summed E-state index contributed by atoms with van der Waals surface area (Å²) in [4.78, 5) is 28.0. The van der Waals surface area contributed by atoms with Crippen molar-refractivity contribution in [3.63, 3.8) is 0 Å². The third-order valence-electron chi connectivity index (χ3n) is 6.83. The molecule has 12 heteroatoms. The Kier molecular flexibility index (Phi) is 8.85. The van der Waals surface area contributed by atoms with Crippen molar-refractivity contribution in [2.45, 2.75) is 26.9 Å². The highest BCUT2D eigenvalue weighted by atomic mass is 16.5. The Hall–Kier alpha value is -5.39. The summed E-state index contributed by atoms with van der Waals surface area (Å²) in [6.45, 7) is 5.30. The molecule has 2 N–H and O–H groups in total. The number of nitrogens with one attached hydrogen (secondary N) is 2. The Bertz CT molecular complexity index is 1740. The molecule has 0 radical (unpaired) electrons. The zero-order valence-corrected chi connectivity index (χ0v) is 24.8. The highest BCUT2D eigenvalue weighted by molar-refractivity contribution is 6.07. The van der Waals surface area contributed by atoms with Crippen LogP contribution in [0.5, 0.6) is 17.4 Å². The Morgan fingerprint density at radius 1 is 1.02 bits per heavy atom. The van der Waals surface area contributed by atoms with Gasteiger partial charge in [0.25, 0.3) is 0 Å². The molecule has 2 aromatic carbocycles. The Balaban J connectivity index is 1.30. The highest BCUT2D eigenvalue weighted by Gasteiger charge is 2.18. The molecule has 0 aliphatic rings. The number of methoxy groups -OCH3 is 2. The number of aryl methyl sites for hydroxylation is 1. The number of carbonyl (C=O) groups excluding carboxylic acids is 1. The average Bonchev–Trinajstić information content (AvgIpc) is 3.35. The number of aromatic nitrogens is 5. The van der Waals surface area contributed by atoms with Gasteiger partial charge in [-0.2, -0.15) is 5.10 Å². The smallest absolute Gasteiger partial charge is 0.327 e. The summed E-state index contributed by atoms with van der Waals surface area (Å²) >= 11 is 0. The van der Waals surface area contributed by atoms with Crippen LogP contribution in [0.1, 0.15) is 23.9 Å². The lowest BCUT2D eigenvalue weighted by Crippen LogP contribution is -2.32. The van der Waals surface area contributed by atoms with Crippen LogP contribution in [-0.4, -0.2) is 58.6 Å². The van der Waals surface area contributed by atoms with Crippen LogP contribution in [0.4, 0.5) is 22.1 Å². The molecule has 0 bridgehead atoms. The number of ether oxygens (including phenoxy) is 3. The van der Waals surface area contributed by atoms with Crippen molar-refractivity contribution < 1.29 is 19.0 Å². The number of hydrogen-bond donors (Lipinski definition) is 2. The van der Waals surface area contributed by atoms with Crippen LogP contribution in [0.15, 0.2) is 67.0 Å². The van der Waals surface area contributed by atoms with E-state index in [4.69, 9.17) is 19.3 Å². The lowest BCUT2D eigenvalue weighted by atomic mass is 10.1. The second-order valence-corrected chi connectivity index (χ2v) is 9.62. The third-order valence-corrected chi connectivity index (χ3v) is 6.83. The van der Waals surface area contributed by atoms with Gasteiger partial charge in [-0.25, -0.2) is 19.7 Å². The molecule has 5 rings (SSSR count). The van der Waals surface area contributed by atoms with Gasteiger partial charge in [-0.05, 0) is 44.2 Å². The molecule has 3 aromatic heterocycles. The molecule has 0 unspecified atom stereocenters. The van der Waals surface area contributed by atoms with E-state index in [1.54, 1.807) is 27.3 Å². The minimum atomic E-state index is -0.354. The first kappa shape index (κ1) is 29.1. The molecule has 2 amide bonds. The number of pyridine rings is 1. The molecular formula is C31H34N8O4. The molecule has 0 aliphatic carbocycles. The van der Waals surface area contributed by atoms with Crippen LogP contribution in [0, 0.1) is 6.92 Å². The summed E-state index contributed by atoms with van der Waals surface area (Å²) in [5, 5.41) is 11.9. The highest BCUT2D eigenvalue weighted by Crippen LogP contribution is 2.29. The van der Waals surface area contributed by atoms with Crippen LogP contribution in [0.3, 0.4) is 0 Å². The zero-order valence-electron chi connectivity index (χ0n) is 24.8. The van der Waals surface area contributed by atoms with Gasteiger partial charge in [-0.1, -0.05) is 12.1 Å². The predicted octanol–water partition coefficient (Wildman–Crippen LogP) is 5.27. The van der Waals surface area contributed by atoms with E-state index in [1.807, 2.05) is 73.1 Å². The van der Waals surface area contributed by atoms with Crippen LogP contribution in [0.2, 0.25) is 0 Å². The number of carbonyl (C=O) groups is 1. The summed E-state index contributed by atoms with van der Waals surface area (Å²) in [7, 11) is 4.88. The van der Waals surface area contributed by atoms with Gasteiger partial charge in [0.15, 0.2) is 0 Å². The van der Waals surface area contributed by atoms with Crippen molar-refractivity contribution in [3.05, 3.63) is 83.9 Å².